The van der Waals surface area contributed by atoms with Crippen LogP contribution in [0.3, 0.4) is 0 Å². The number of esters is 2. The van der Waals surface area contributed by atoms with E-state index in [1.807, 2.05) is 0 Å². The van der Waals surface area contributed by atoms with Crippen molar-refractivity contribution in [3.63, 3.8) is 0 Å². The Bertz CT molecular complexity index is 274. The van der Waals surface area contributed by atoms with Crippen LogP contribution < -0.4 is 0 Å². The second-order valence-electron chi connectivity index (χ2n) is 2.79. The molecule has 0 aliphatic rings. The second-order valence-corrected chi connectivity index (χ2v) is 3.93. The summed E-state index contributed by atoms with van der Waals surface area (Å²) in [5.41, 5.74) is 0. The first-order valence-corrected chi connectivity index (χ1v) is 5.28. The van der Waals surface area contributed by atoms with Gasteiger partial charge in [0.15, 0.2) is 5.25 Å². The molecule has 0 fully saturated rings. The fourth-order valence-electron chi connectivity index (χ4n) is 0.775. The van der Waals surface area contributed by atoms with Gasteiger partial charge in [-0.1, -0.05) is 6.92 Å². The molecule has 0 saturated heterocycles. The van der Waals surface area contributed by atoms with Gasteiger partial charge in [-0.2, -0.15) is 5.26 Å². The quantitative estimate of drug-likeness (QED) is 0.645. The lowest BCUT2D eigenvalue weighted by Crippen LogP contribution is -2.21. The zero-order valence-electron chi connectivity index (χ0n) is 8.85. The van der Waals surface area contributed by atoms with Gasteiger partial charge in [-0.25, -0.2) is 4.79 Å². The lowest BCUT2D eigenvalue weighted by atomic mass is 10.2. The van der Waals surface area contributed by atoms with E-state index in [2.05, 4.69) is 9.47 Å². The van der Waals surface area contributed by atoms with Crippen LogP contribution in [0.15, 0.2) is 0 Å². The van der Waals surface area contributed by atoms with Crippen molar-refractivity contribution < 1.29 is 19.1 Å². The maximum Gasteiger partial charge on any atom is 0.333 e. The van der Waals surface area contributed by atoms with E-state index in [1.165, 1.54) is 14.2 Å². The van der Waals surface area contributed by atoms with Gasteiger partial charge in [-0.05, 0) is 0 Å². The standard InChI is InChI=1S/C9H13NO4S/c1-6(8(11)13-2)5-15-7(4-10)9(12)14-3/h6-7H,5H2,1-3H3. The van der Waals surface area contributed by atoms with Gasteiger partial charge < -0.3 is 9.47 Å². The van der Waals surface area contributed by atoms with Crippen molar-refractivity contribution >= 4 is 23.7 Å². The van der Waals surface area contributed by atoms with E-state index in [0.717, 1.165) is 11.8 Å². The summed E-state index contributed by atoms with van der Waals surface area (Å²) in [5, 5.41) is 7.76. The molecule has 0 saturated carbocycles. The lowest BCUT2D eigenvalue weighted by molar-refractivity contribution is -0.144. The summed E-state index contributed by atoms with van der Waals surface area (Å²) in [6, 6.07) is 1.80. The topological polar surface area (TPSA) is 76.4 Å². The van der Waals surface area contributed by atoms with Crippen molar-refractivity contribution in [2.45, 2.75) is 12.2 Å². The number of rotatable bonds is 5. The minimum Gasteiger partial charge on any atom is -0.469 e. The first kappa shape index (κ1) is 13.8. The molecule has 84 valence electrons. The molecule has 0 spiro atoms. The molecule has 0 aromatic heterocycles. The maximum atomic E-state index is 11.0. The van der Waals surface area contributed by atoms with Crippen LogP contribution in [0.4, 0.5) is 0 Å². The van der Waals surface area contributed by atoms with Gasteiger partial charge in [0.1, 0.15) is 0 Å². The normalized spacial score (nSPS) is 13.5. The highest BCUT2D eigenvalue weighted by Gasteiger charge is 2.22. The number of methoxy groups -OCH3 is 2. The average molecular weight is 231 g/mol. The third-order valence-corrected chi connectivity index (χ3v) is 2.97. The molecule has 0 aromatic rings. The predicted octanol–water partition coefficient (Wildman–Crippen LogP) is 0.594. The summed E-state index contributed by atoms with van der Waals surface area (Å²) in [7, 11) is 2.52. The zero-order chi connectivity index (χ0) is 11.8. The summed E-state index contributed by atoms with van der Waals surface area (Å²) in [4.78, 5) is 22.0. The molecule has 0 radical (unpaired) electrons. The second kappa shape index (κ2) is 7.12. The van der Waals surface area contributed by atoms with E-state index in [4.69, 9.17) is 5.26 Å². The van der Waals surface area contributed by atoms with Crippen LogP contribution in [-0.4, -0.2) is 37.2 Å². The van der Waals surface area contributed by atoms with Crippen LogP contribution >= 0.6 is 11.8 Å². The van der Waals surface area contributed by atoms with E-state index < -0.39 is 11.2 Å². The molecule has 0 heterocycles. The number of carbonyl (C=O) groups excluding carboxylic acids is 2. The molecule has 0 amide bonds. The molecule has 0 aliphatic heterocycles. The van der Waals surface area contributed by atoms with Crippen LogP contribution in [0.5, 0.6) is 0 Å². The van der Waals surface area contributed by atoms with Gasteiger partial charge >= 0.3 is 11.9 Å². The van der Waals surface area contributed by atoms with Crippen molar-refractivity contribution in [3.8, 4) is 6.07 Å². The van der Waals surface area contributed by atoms with Gasteiger partial charge in [0, 0.05) is 5.75 Å². The Labute approximate surface area is 92.7 Å². The summed E-state index contributed by atoms with van der Waals surface area (Å²) in [5.74, 6) is -0.955. The van der Waals surface area contributed by atoms with Crippen LogP contribution in [0.25, 0.3) is 0 Å². The number of hydrogen-bond donors (Lipinski definition) is 0. The SMILES string of the molecule is COC(=O)C(C)CSC(C#N)C(=O)OC. The van der Waals surface area contributed by atoms with E-state index in [0.29, 0.717) is 5.75 Å². The summed E-state index contributed by atoms with van der Waals surface area (Å²) in [6.45, 7) is 1.67. The first-order valence-electron chi connectivity index (χ1n) is 4.23. The maximum absolute atomic E-state index is 11.0. The van der Waals surface area contributed by atoms with Gasteiger partial charge in [0.25, 0.3) is 0 Å². The molecule has 0 aliphatic carbocycles. The fourth-order valence-corrected chi connectivity index (χ4v) is 1.70. The van der Waals surface area contributed by atoms with Crippen LogP contribution in [0, 0.1) is 17.2 Å². The highest BCUT2D eigenvalue weighted by Crippen LogP contribution is 2.16. The van der Waals surface area contributed by atoms with Crippen molar-refractivity contribution in [3.05, 3.63) is 0 Å². The molecular weight excluding hydrogens is 218 g/mol. The molecule has 2 atom stereocenters. The smallest absolute Gasteiger partial charge is 0.333 e. The molecule has 15 heavy (non-hydrogen) atoms. The van der Waals surface area contributed by atoms with Gasteiger partial charge in [0.05, 0.1) is 26.2 Å². The Balaban J connectivity index is 4.08. The number of thioether (sulfide) groups is 1. The third kappa shape index (κ3) is 4.70. The number of ether oxygens (including phenoxy) is 2. The largest absolute Gasteiger partial charge is 0.469 e. The van der Waals surface area contributed by atoms with Crippen molar-refractivity contribution in [2.75, 3.05) is 20.0 Å². The molecule has 0 N–H and O–H groups in total. The Morgan fingerprint density at radius 1 is 1.33 bits per heavy atom. The van der Waals surface area contributed by atoms with E-state index in [9.17, 15) is 9.59 Å². The third-order valence-electron chi connectivity index (χ3n) is 1.65. The van der Waals surface area contributed by atoms with Gasteiger partial charge in [-0.3, -0.25) is 4.79 Å². The molecule has 0 aromatic carbocycles. The van der Waals surface area contributed by atoms with Crippen molar-refractivity contribution in [2.24, 2.45) is 5.92 Å². The zero-order valence-corrected chi connectivity index (χ0v) is 9.67. The highest BCUT2D eigenvalue weighted by molar-refractivity contribution is 8.00. The van der Waals surface area contributed by atoms with Gasteiger partial charge in [-0.15, -0.1) is 11.8 Å². The van der Waals surface area contributed by atoms with Crippen LogP contribution in [0.1, 0.15) is 6.92 Å². The van der Waals surface area contributed by atoms with Crippen molar-refractivity contribution in [1.29, 1.82) is 5.26 Å². The van der Waals surface area contributed by atoms with E-state index in [1.54, 1.807) is 13.0 Å². The van der Waals surface area contributed by atoms with E-state index in [-0.39, 0.29) is 11.9 Å². The van der Waals surface area contributed by atoms with Gasteiger partial charge in [0.2, 0.25) is 0 Å². The van der Waals surface area contributed by atoms with Crippen molar-refractivity contribution in [1.82, 2.24) is 0 Å². The minimum absolute atomic E-state index is 0.347. The summed E-state index contributed by atoms with van der Waals surface area (Å²) < 4.78 is 8.94. The number of carbonyl (C=O) groups is 2. The highest BCUT2D eigenvalue weighted by atomic mass is 32.2. The average Bonchev–Trinajstić information content (AvgIpc) is 2.27. The van der Waals surface area contributed by atoms with Crippen LogP contribution in [0.2, 0.25) is 0 Å². The monoisotopic (exact) mass is 231 g/mol. The Hall–Kier alpha value is -1.22. The molecule has 0 rings (SSSR count). The molecule has 0 bridgehead atoms. The predicted molar refractivity (Wildman–Crippen MR) is 55.1 cm³/mol. The Morgan fingerprint density at radius 2 is 1.87 bits per heavy atom. The molecule has 2 unspecified atom stereocenters. The summed E-state index contributed by atoms with van der Waals surface area (Å²) >= 11 is 1.07. The Kier molecular flexibility index (Phi) is 6.54. The molecule has 6 heteroatoms. The number of nitrogens with zero attached hydrogens (tertiary/aromatic N) is 1. The van der Waals surface area contributed by atoms with E-state index >= 15 is 0 Å². The lowest BCUT2D eigenvalue weighted by Gasteiger charge is -2.10. The molecule has 5 nitrogen and oxygen atoms in total. The summed E-state index contributed by atoms with van der Waals surface area (Å²) in [6.07, 6.45) is 0. The number of hydrogen-bond acceptors (Lipinski definition) is 6. The minimum atomic E-state index is -0.887. The molecular formula is C9H13NO4S. The Morgan fingerprint density at radius 3 is 2.27 bits per heavy atom. The van der Waals surface area contributed by atoms with Crippen LogP contribution in [-0.2, 0) is 19.1 Å². The first-order chi connectivity index (χ1) is 7.06. The fraction of sp³-hybridized carbons (Fsp3) is 0.667. The number of nitriles is 1.